The first-order valence-electron chi connectivity index (χ1n) is 5.77. The van der Waals surface area contributed by atoms with Gasteiger partial charge in [-0.05, 0) is 18.6 Å². The van der Waals surface area contributed by atoms with Crippen molar-refractivity contribution in [3.05, 3.63) is 35.8 Å². The van der Waals surface area contributed by atoms with Crippen molar-refractivity contribution in [3.8, 4) is 0 Å². The molecule has 18 heavy (non-hydrogen) atoms. The molecule has 0 aromatic carbocycles. The lowest BCUT2D eigenvalue weighted by molar-refractivity contribution is 0.102. The number of carbonyl (C=O) groups excluding carboxylic acids is 1. The largest absolute Gasteiger partial charge is 0.397 e. The Balaban J connectivity index is 2.09. The fourth-order valence-corrected chi connectivity index (χ4v) is 1.61. The molecule has 2 aromatic rings. The fraction of sp³-hybridized carbons (Fsp3) is 0.250. The maximum absolute atomic E-state index is 11.9. The van der Waals surface area contributed by atoms with Crippen molar-refractivity contribution in [2.24, 2.45) is 0 Å². The maximum Gasteiger partial charge on any atom is 0.277 e. The first kappa shape index (κ1) is 12.1. The van der Waals surface area contributed by atoms with Crippen molar-refractivity contribution in [2.75, 3.05) is 11.1 Å². The second-order valence-electron chi connectivity index (χ2n) is 3.92. The Morgan fingerprint density at radius 3 is 3.11 bits per heavy atom. The molecule has 0 bridgehead atoms. The van der Waals surface area contributed by atoms with E-state index in [1.807, 2.05) is 0 Å². The van der Waals surface area contributed by atoms with Gasteiger partial charge >= 0.3 is 0 Å². The van der Waals surface area contributed by atoms with Gasteiger partial charge in [0.25, 0.3) is 5.91 Å². The van der Waals surface area contributed by atoms with Crippen LogP contribution in [0.2, 0.25) is 0 Å². The minimum atomic E-state index is -0.359. The smallest absolute Gasteiger partial charge is 0.277 e. The Kier molecular flexibility index (Phi) is 3.57. The molecule has 2 heterocycles. The number of carbonyl (C=O) groups is 1. The molecule has 2 rings (SSSR count). The predicted octanol–water partition coefficient (Wildman–Crippen LogP) is 1.59. The van der Waals surface area contributed by atoms with Crippen LogP contribution in [0, 0.1) is 0 Å². The third-order valence-electron chi connectivity index (χ3n) is 2.45. The van der Waals surface area contributed by atoms with Crippen LogP contribution in [0.25, 0.3) is 0 Å². The molecule has 94 valence electrons. The molecule has 0 saturated heterocycles. The molecule has 1 amide bonds. The van der Waals surface area contributed by atoms with Gasteiger partial charge < -0.3 is 11.1 Å². The summed E-state index contributed by atoms with van der Waals surface area (Å²) in [6.07, 6.45) is 3.44. The van der Waals surface area contributed by atoms with Crippen molar-refractivity contribution < 1.29 is 4.79 Å². The van der Waals surface area contributed by atoms with Crippen molar-refractivity contribution in [2.45, 2.75) is 19.8 Å². The number of nitrogens with two attached hydrogens (primary N) is 1. The lowest BCUT2D eigenvalue weighted by atomic mass is 10.2. The van der Waals surface area contributed by atoms with Gasteiger partial charge in [-0.25, -0.2) is 4.98 Å². The van der Waals surface area contributed by atoms with Crippen molar-refractivity contribution >= 4 is 17.4 Å². The van der Waals surface area contributed by atoms with Crippen LogP contribution in [0.5, 0.6) is 0 Å². The monoisotopic (exact) mass is 245 g/mol. The Morgan fingerprint density at radius 2 is 2.39 bits per heavy atom. The molecule has 0 radical (unpaired) electrons. The number of pyridine rings is 1. The highest BCUT2D eigenvalue weighted by atomic mass is 16.2. The Labute approximate surface area is 105 Å². The summed E-state index contributed by atoms with van der Waals surface area (Å²) in [5.74, 6) is 0.121. The van der Waals surface area contributed by atoms with E-state index in [-0.39, 0.29) is 11.6 Å². The zero-order valence-corrected chi connectivity index (χ0v) is 10.1. The lowest BCUT2D eigenvalue weighted by Gasteiger charge is -2.03. The standard InChI is InChI=1S/C12H15N5O/c1-2-4-8-7-10(17-16-8)15-12(18)11-9(13)5-3-6-14-11/h3,5-7H,2,4,13H2,1H3,(H2,15,16,17,18). The molecule has 6 heteroatoms. The van der Waals surface area contributed by atoms with E-state index in [1.165, 1.54) is 6.20 Å². The van der Waals surface area contributed by atoms with Gasteiger partial charge in [-0.1, -0.05) is 13.3 Å². The van der Waals surface area contributed by atoms with Crippen LogP contribution >= 0.6 is 0 Å². The van der Waals surface area contributed by atoms with Gasteiger partial charge in [0.05, 0.1) is 5.69 Å². The molecule has 4 N–H and O–H groups in total. The van der Waals surface area contributed by atoms with Gasteiger partial charge in [0.2, 0.25) is 0 Å². The maximum atomic E-state index is 11.9. The number of anilines is 2. The highest BCUT2D eigenvalue weighted by Crippen LogP contribution is 2.11. The molecular formula is C12H15N5O. The van der Waals surface area contributed by atoms with E-state index in [1.54, 1.807) is 18.2 Å². The van der Waals surface area contributed by atoms with Crippen LogP contribution in [0.1, 0.15) is 29.5 Å². The van der Waals surface area contributed by atoms with Gasteiger partial charge in [-0.3, -0.25) is 9.89 Å². The number of aryl methyl sites for hydroxylation is 1. The summed E-state index contributed by atoms with van der Waals surface area (Å²) in [6, 6.07) is 5.12. The fourth-order valence-electron chi connectivity index (χ4n) is 1.61. The summed E-state index contributed by atoms with van der Waals surface area (Å²) < 4.78 is 0. The predicted molar refractivity (Wildman–Crippen MR) is 69.2 cm³/mol. The van der Waals surface area contributed by atoms with Gasteiger partial charge in [-0.15, -0.1) is 0 Å². The number of nitrogens with one attached hydrogen (secondary N) is 2. The Hall–Kier alpha value is -2.37. The summed E-state index contributed by atoms with van der Waals surface area (Å²) in [5, 5.41) is 9.52. The molecule has 0 aliphatic carbocycles. The highest BCUT2D eigenvalue weighted by Gasteiger charge is 2.12. The van der Waals surface area contributed by atoms with Crippen molar-refractivity contribution in [1.29, 1.82) is 0 Å². The van der Waals surface area contributed by atoms with E-state index in [0.717, 1.165) is 18.5 Å². The van der Waals surface area contributed by atoms with Crippen LogP contribution < -0.4 is 11.1 Å². The summed E-state index contributed by atoms with van der Waals surface area (Å²) in [6.45, 7) is 2.08. The van der Waals surface area contributed by atoms with Crippen LogP contribution in [0.4, 0.5) is 11.5 Å². The van der Waals surface area contributed by atoms with Gasteiger partial charge in [-0.2, -0.15) is 5.10 Å². The number of aromatic nitrogens is 3. The number of H-pyrrole nitrogens is 1. The lowest BCUT2D eigenvalue weighted by Crippen LogP contribution is -2.15. The summed E-state index contributed by atoms with van der Waals surface area (Å²) in [4.78, 5) is 15.8. The molecule has 0 aliphatic heterocycles. The van der Waals surface area contributed by atoms with Crippen LogP contribution in [0.15, 0.2) is 24.4 Å². The van der Waals surface area contributed by atoms with E-state index < -0.39 is 0 Å². The second-order valence-corrected chi connectivity index (χ2v) is 3.92. The highest BCUT2D eigenvalue weighted by molar-refractivity contribution is 6.05. The molecule has 6 nitrogen and oxygen atoms in total. The topological polar surface area (TPSA) is 96.7 Å². The molecule has 0 atom stereocenters. The SMILES string of the molecule is CCCc1cc(NC(=O)c2ncccc2N)n[nH]1. The van der Waals surface area contributed by atoms with E-state index in [4.69, 9.17) is 5.73 Å². The number of rotatable bonds is 4. The number of nitrogens with zero attached hydrogens (tertiary/aromatic N) is 2. The number of hydrogen-bond acceptors (Lipinski definition) is 4. The zero-order valence-electron chi connectivity index (χ0n) is 10.1. The summed E-state index contributed by atoms with van der Waals surface area (Å²) >= 11 is 0. The molecule has 0 spiro atoms. The molecule has 0 unspecified atom stereocenters. The third-order valence-corrected chi connectivity index (χ3v) is 2.45. The first-order valence-corrected chi connectivity index (χ1v) is 5.77. The van der Waals surface area contributed by atoms with E-state index >= 15 is 0 Å². The first-order chi connectivity index (χ1) is 8.70. The van der Waals surface area contributed by atoms with Crippen LogP contribution in [-0.4, -0.2) is 21.1 Å². The number of aromatic amines is 1. The van der Waals surface area contributed by atoms with Crippen LogP contribution in [-0.2, 0) is 6.42 Å². The Morgan fingerprint density at radius 1 is 1.56 bits per heavy atom. The van der Waals surface area contributed by atoms with E-state index in [0.29, 0.717) is 11.5 Å². The molecule has 0 saturated carbocycles. The van der Waals surface area contributed by atoms with Crippen LogP contribution in [0.3, 0.4) is 0 Å². The molecular weight excluding hydrogens is 230 g/mol. The minimum Gasteiger partial charge on any atom is -0.397 e. The molecule has 0 fully saturated rings. The number of nitrogen functional groups attached to an aromatic ring is 1. The van der Waals surface area contributed by atoms with E-state index in [2.05, 4.69) is 27.4 Å². The number of hydrogen-bond donors (Lipinski definition) is 3. The zero-order chi connectivity index (χ0) is 13.0. The van der Waals surface area contributed by atoms with Crippen molar-refractivity contribution in [1.82, 2.24) is 15.2 Å². The quantitative estimate of drug-likeness (QED) is 0.762. The summed E-state index contributed by atoms with van der Waals surface area (Å²) in [7, 11) is 0. The molecule has 0 aliphatic rings. The summed E-state index contributed by atoms with van der Waals surface area (Å²) in [5.41, 5.74) is 7.22. The Bertz CT molecular complexity index is 549. The molecule has 2 aromatic heterocycles. The average Bonchev–Trinajstić information content (AvgIpc) is 2.77. The van der Waals surface area contributed by atoms with Gasteiger partial charge in [0.1, 0.15) is 0 Å². The number of amides is 1. The average molecular weight is 245 g/mol. The van der Waals surface area contributed by atoms with Gasteiger partial charge in [0, 0.05) is 18.0 Å². The minimum absolute atomic E-state index is 0.206. The third kappa shape index (κ3) is 2.65. The second kappa shape index (κ2) is 5.31. The normalized spacial score (nSPS) is 10.3. The van der Waals surface area contributed by atoms with Gasteiger partial charge in [0.15, 0.2) is 11.5 Å². The van der Waals surface area contributed by atoms with E-state index in [9.17, 15) is 4.79 Å². The van der Waals surface area contributed by atoms with Crippen molar-refractivity contribution in [3.63, 3.8) is 0 Å².